The largest absolute Gasteiger partial charge is 0.493 e. The van der Waals surface area contributed by atoms with Gasteiger partial charge < -0.3 is 14.4 Å². The molecular weight excluding hydrogens is 554 g/mol. The Morgan fingerprint density at radius 3 is 2.12 bits per heavy atom. The summed E-state index contributed by atoms with van der Waals surface area (Å²) in [6, 6.07) is 11.0. The maximum atomic E-state index is 13.3. The summed E-state index contributed by atoms with van der Waals surface area (Å²) in [5, 5.41) is 0. The topological polar surface area (TPSA) is 59.1 Å². The van der Waals surface area contributed by atoms with Gasteiger partial charge in [-0.3, -0.25) is 9.69 Å². The quantitative estimate of drug-likeness (QED) is 0.282. The zero-order chi connectivity index (χ0) is 30.0. The maximum absolute atomic E-state index is 13.3. The Balaban J connectivity index is 1.51. The molecule has 1 amide bonds. The molecule has 2 aliphatic rings. The first-order chi connectivity index (χ1) is 19.2. The summed E-state index contributed by atoms with van der Waals surface area (Å²) in [6.07, 6.45) is -10.4. The predicted molar refractivity (Wildman–Crippen MR) is 137 cm³/mol. The van der Waals surface area contributed by atoms with Gasteiger partial charge in [0.1, 0.15) is 5.75 Å². The first-order valence-corrected chi connectivity index (χ1v) is 13.4. The van der Waals surface area contributed by atoms with Gasteiger partial charge in [-0.1, -0.05) is 32.0 Å². The molecule has 2 aliphatic heterocycles. The summed E-state index contributed by atoms with van der Waals surface area (Å²) in [5.74, 6) is -2.11. The van der Waals surface area contributed by atoms with Gasteiger partial charge in [0, 0.05) is 29.6 Å². The smallest absolute Gasteiger partial charge is 0.491 e. The van der Waals surface area contributed by atoms with E-state index < -0.39 is 41.4 Å². The van der Waals surface area contributed by atoms with E-state index in [9.17, 15) is 35.9 Å². The summed E-state index contributed by atoms with van der Waals surface area (Å²) in [4.78, 5) is 28.4. The zero-order valence-electron chi connectivity index (χ0n) is 22.7. The standard InChI is InChI=1S/C29H32F6N2O4/c1-19(2)18-40-23-6-4-3-5-21(23)17-36-14-11-27(12-15-36)13-16-37(25(27)41-26(39)29(33,34)35)24(38)20-7-9-22(10-8-20)28(30,31)32/h3-10,19,25H,11-18H2,1-2H3. The number of ether oxygens (including phenoxy) is 2. The lowest BCUT2D eigenvalue weighted by molar-refractivity contribution is -0.217. The molecule has 12 heteroatoms. The summed E-state index contributed by atoms with van der Waals surface area (Å²) in [6.45, 7) is 6.13. The Morgan fingerprint density at radius 1 is 0.927 bits per heavy atom. The van der Waals surface area contributed by atoms with Crippen LogP contribution in [-0.2, 0) is 22.3 Å². The molecule has 4 rings (SSSR count). The van der Waals surface area contributed by atoms with Crippen LogP contribution in [0.4, 0.5) is 26.3 Å². The Morgan fingerprint density at radius 2 is 1.54 bits per heavy atom. The van der Waals surface area contributed by atoms with Crippen LogP contribution in [0.15, 0.2) is 48.5 Å². The van der Waals surface area contributed by atoms with E-state index in [1.807, 2.05) is 38.1 Å². The number of alkyl halides is 6. The van der Waals surface area contributed by atoms with Crippen LogP contribution in [0.1, 0.15) is 54.6 Å². The number of hydrogen-bond donors (Lipinski definition) is 0. The van der Waals surface area contributed by atoms with Gasteiger partial charge in [0.15, 0.2) is 6.23 Å². The lowest BCUT2D eigenvalue weighted by atomic mass is 9.76. The van der Waals surface area contributed by atoms with E-state index >= 15 is 0 Å². The number of carbonyl (C=O) groups is 2. The van der Waals surface area contributed by atoms with Gasteiger partial charge in [0.05, 0.1) is 12.2 Å². The fraction of sp³-hybridized carbons (Fsp3) is 0.517. The molecule has 0 N–H and O–H groups in total. The molecule has 1 spiro atoms. The van der Waals surface area contributed by atoms with Crippen molar-refractivity contribution in [2.75, 3.05) is 26.2 Å². The fourth-order valence-corrected chi connectivity index (χ4v) is 5.37. The molecule has 2 fully saturated rings. The summed E-state index contributed by atoms with van der Waals surface area (Å²) >= 11 is 0. The number of nitrogens with zero attached hydrogens (tertiary/aromatic N) is 2. The monoisotopic (exact) mass is 586 g/mol. The summed E-state index contributed by atoms with van der Waals surface area (Å²) in [5.41, 5.74) is -1.06. The van der Waals surface area contributed by atoms with Crippen LogP contribution in [0.2, 0.25) is 0 Å². The number of esters is 1. The molecule has 6 nitrogen and oxygen atoms in total. The van der Waals surface area contributed by atoms with Gasteiger partial charge in [-0.2, -0.15) is 26.3 Å². The number of likely N-dealkylation sites (tertiary alicyclic amines) is 2. The molecule has 2 aromatic rings. The van der Waals surface area contributed by atoms with Gasteiger partial charge in [-0.15, -0.1) is 0 Å². The highest BCUT2D eigenvalue weighted by Gasteiger charge is 2.55. The SMILES string of the molecule is CC(C)COc1ccccc1CN1CCC2(CC1)CCN(C(=O)c1ccc(C(F)(F)F)cc1)C2OC(=O)C(F)(F)F. The highest BCUT2D eigenvalue weighted by atomic mass is 19.4. The van der Waals surface area contributed by atoms with E-state index in [-0.39, 0.29) is 18.5 Å². The van der Waals surface area contributed by atoms with Crippen molar-refractivity contribution < 1.29 is 45.4 Å². The summed E-state index contributed by atoms with van der Waals surface area (Å²) < 4.78 is 89.4. The molecule has 224 valence electrons. The van der Waals surface area contributed by atoms with Crippen molar-refractivity contribution in [1.29, 1.82) is 0 Å². The van der Waals surface area contributed by atoms with Gasteiger partial charge in [0.25, 0.3) is 5.91 Å². The lowest BCUT2D eigenvalue weighted by Crippen LogP contribution is -2.51. The highest BCUT2D eigenvalue weighted by Crippen LogP contribution is 2.47. The number of piperidine rings is 1. The molecular formula is C29H32F6N2O4. The maximum Gasteiger partial charge on any atom is 0.491 e. The number of para-hydroxylation sites is 1. The normalized spacial score (nSPS) is 19.5. The Labute approximate surface area is 234 Å². The first kappa shape index (κ1) is 30.7. The molecule has 0 saturated carbocycles. The minimum Gasteiger partial charge on any atom is -0.493 e. The van der Waals surface area contributed by atoms with Crippen molar-refractivity contribution in [3.8, 4) is 5.75 Å². The number of amides is 1. The third kappa shape index (κ3) is 7.14. The second-order valence-electron chi connectivity index (χ2n) is 11.0. The molecule has 2 saturated heterocycles. The third-order valence-electron chi connectivity index (χ3n) is 7.62. The predicted octanol–water partition coefficient (Wildman–Crippen LogP) is 6.30. The van der Waals surface area contributed by atoms with Gasteiger partial charge >= 0.3 is 18.3 Å². The minimum absolute atomic E-state index is 0.00152. The van der Waals surface area contributed by atoms with Gasteiger partial charge in [0.2, 0.25) is 0 Å². The van der Waals surface area contributed by atoms with Crippen LogP contribution in [0.5, 0.6) is 5.75 Å². The molecule has 0 aliphatic carbocycles. The van der Waals surface area contributed by atoms with Crippen LogP contribution in [-0.4, -0.2) is 60.3 Å². The average molecular weight is 587 g/mol. The lowest BCUT2D eigenvalue weighted by Gasteiger charge is -2.43. The van der Waals surface area contributed by atoms with Crippen LogP contribution >= 0.6 is 0 Å². The van der Waals surface area contributed by atoms with Crippen molar-refractivity contribution in [3.63, 3.8) is 0 Å². The van der Waals surface area contributed by atoms with Crippen LogP contribution in [0.25, 0.3) is 0 Å². The second-order valence-corrected chi connectivity index (χ2v) is 11.0. The molecule has 0 radical (unpaired) electrons. The van der Waals surface area contributed by atoms with Crippen molar-refractivity contribution in [1.82, 2.24) is 9.80 Å². The average Bonchev–Trinajstić information content (AvgIpc) is 3.25. The molecule has 0 bridgehead atoms. The fourth-order valence-electron chi connectivity index (χ4n) is 5.37. The minimum atomic E-state index is -5.27. The van der Waals surface area contributed by atoms with E-state index in [1.54, 1.807) is 0 Å². The van der Waals surface area contributed by atoms with Crippen molar-refractivity contribution in [2.24, 2.45) is 11.3 Å². The van der Waals surface area contributed by atoms with Crippen molar-refractivity contribution >= 4 is 11.9 Å². The Hall–Kier alpha value is -3.28. The Bertz CT molecular complexity index is 1220. The van der Waals surface area contributed by atoms with E-state index in [2.05, 4.69) is 4.90 Å². The highest BCUT2D eigenvalue weighted by molar-refractivity contribution is 5.95. The van der Waals surface area contributed by atoms with Crippen LogP contribution < -0.4 is 4.74 Å². The molecule has 0 aromatic heterocycles. The molecule has 1 unspecified atom stereocenters. The number of rotatable bonds is 7. The van der Waals surface area contributed by atoms with E-state index in [4.69, 9.17) is 9.47 Å². The van der Waals surface area contributed by atoms with Crippen molar-refractivity contribution in [3.05, 3.63) is 65.2 Å². The van der Waals surface area contributed by atoms with Crippen LogP contribution in [0, 0.1) is 11.3 Å². The van der Waals surface area contributed by atoms with E-state index in [0.717, 1.165) is 40.5 Å². The van der Waals surface area contributed by atoms with Gasteiger partial charge in [-0.25, -0.2) is 4.79 Å². The number of hydrogen-bond acceptors (Lipinski definition) is 5. The molecule has 1 atom stereocenters. The summed E-state index contributed by atoms with van der Waals surface area (Å²) in [7, 11) is 0. The number of benzene rings is 2. The molecule has 41 heavy (non-hydrogen) atoms. The van der Waals surface area contributed by atoms with Crippen LogP contribution in [0.3, 0.4) is 0 Å². The Kier molecular flexibility index (Phi) is 8.91. The van der Waals surface area contributed by atoms with E-state index in [0.29, 0.717) is 45.0 Å². The second kappa shape index (κ2) is 11.9. The van der Waals surface area contributed by atoms with Gasteiger partial charge in [-0.05, 0) is 68.6 Å². The number of carbonyl (C=O) groups excluding carboxylic acids is 2. The third-order valence-corrected chi connectivity index (χ3v) is 7.62. The zero-order valence-corrected chi connectivity index (χ0v) is 22.7. The van der Waals surface area contributed by atoms with E-state index in [1.165, 1.54) is 0 Å². The number of halogens is 6. The molecule has 2 heterocycles. The van der Waals surface area contributed by atoms with Crippen molar-refractivity contribution in [2.45, 2.75) is 58.2 Å². The first-order valence-electron chi connectivity index (χ1n) is 13.4. The molecule has 2 aromatic carbocycles.